The van der Waals surface area contributed by atoms with Gasteiger partial charge in [-0.3, -0.25) is 4.79 Å². The minimum atomic E-state index is -1.14. The molecule has 4 atom stereocenters. The zero-order valence-corrected chi connectivity index (χ0v) is 20.2. The van der Waals surface area contributed by atoms with Crippen LogP contribution in [0.15, 0.2) is 48.5 Å². The van der Waals surface area contributed by atoms with Crippen molar-refractivity contribution in [2.75, 3.05) is 13.2 Å². The highest BCUT2D eigenvalue weighted by molar-refractivity contribution is 5.87. The van der Waals surface area contributed by atoms with Crippen molar-refractivity contribution in [3.05, 3.63) is 59.7 Å². The number of ether oxygens (including phenoxy) is 1. The second-order valence-corrected chi connectivity index (χ2v) is 9.76. The first-order valence-electron chi connectivity index (χ1n) is 12.0. The zero-order valence-electron chi connectivity index (χ0n) is 20.2. The van der Waals surface area contributed by atoms with Crippen LogP contribution >= 0.6 is 0 Å². The standard InChI is InChI=1S/C27H32N2O6/c1-15(2)24(25(31)29-13-17(30)12-23(29)26(32)33)16(3)28-27(34)35-14-22-20-10-6-4-8-18(20)19-9-5-7-11-21(19)22/h4-11,15-17,22-24,30H,12-14H2,1-3H3,(H,28,34)(H,32,33). The summed E-state index contributed by atoms with van der Waals surface area (Å²) in [5, 5.41) is 22.2. The second-order valence-electron chi connectivity index (χ2n) is 9.76. The summed E-state index contributed by atoms with van der Waals surface area (Å²) < 4.78 is 5.61. The number of β-amino-alcohol motifs (C(OH)–C–C–N with tert-alkyl or cyclic N) is 1. The van der Waals surface area contributed by atoms with E-state index in [0.29, 0.717) is 0 Å². The molecule has 1 fully saturated rings. The van der Waals surface area contributed by atoms with Gasteiger partial charge in [-0.05, 0) is 35.1 Å². The summed E-state index contributed by atoms with van der Waals surface area (Å²) in [4.78, 5) is 38.8. The molecule has 2 amide bonds. The lowest BCUT2D eigenvalue weighted by Gasteiger charge is -2.32. The van der Waals surface area contributed by atoms with Crippen molar-refractivity contribution in [2.45, 2.75) is 51.3 Å². The van der Waals surface area contributed by atoms with Crippen molar-refractivity contribution in [1.29, 1.82) is 0 Å². The number of carbonyl (C=O) groups is 3. The Kier molecular flexibility index (Phi) is 7.12. The second kappa shape index (κ2) is 10.1. The summed E-state index contributed by atoms with van der Waals surface area (Å²) in [5.74, 6) is -2.44. The fourth-order valence-electron chi connectivity index (χ4n) is 5.48. The van der Waals surface area contributed by atoms with Gasteiger partial charge in [-0.15, -0.1) is 0 Å². The van der Waals surface area contributed by atoms with Crippen LogP contribution in [0.4, 0.5) is 4.79 Å². The Morgan fingerprint density at radius 1 is 1.03 bits per heavy atom. The maximum Gasteiger partial charge on any atom is 0.407 e. The van der Waals surface area contributed by atoms with Gasteiger partial charge in [-0.2, -0.15) is 0 Å². The molecule has 0 saturated carbocycles. The highest BCUT2D eigenvalue weighted by atomic mass is 16.5. The summed E-state index contributed by atoms with van der Waals surface area (Å²) in [6.07, 6.45) is -1.51. The smallest absolute Gasteiger partial charge is 0.407 e. The first-order chi connectivity index (χ1) is 16.7. The van der Waals surface area contributed by atoms with Crippen LogP contribution < -0.4 is 5.32 Å². The normalized spacial score (nSPS) is 20.8. The SMILES string of the molecule is CC(C)C(C(=O)N1CC(O)CC1C(=O)O)C(C)NC(=O)OCC1c2ccccc2-c2ccccc21. The molecule has 186 valence electrons. The van der Waals surface area contributed by atoms with Crippen LogP contribution in [0.2, 0.25) is 0 Å². The molecule has 8 heteroatoms. The van der Waals surface area contributed by atoms with Crippen molar-refractivity contribution in [2.24, 2.45) is 11.8 Å². The van der Waals surface area contributed by atoms with E-state index in [1.807, 2.05) is 50.2 Å². The molecule has 35 heavy (non-hydrogen) atoms. The number of alkyl carbamates (subject to hydrolysis) is 1. The molecule has 2 aliphatic rings. The van der Waals surface area contributed by atoms with E-state index in [0.717, 1.165) is 22.3 Å². The van der Waals surface area contributed by atoms with Gasteiger partial charge in [0.1, 0.15) is 12.6 Å². The van der Waals surface area contributed by atoms with Gasteiger partial charge >= 0.3 is 12.1 Å². The fraction of sp³-hybridized carbons (Fsp3) is 0.444. The van der Waals surface area contributed by atoms with Gasteiger partial charge in [0, 0.05) is 24.9 Å². The Labute approximate surface area is 204 Å². The summed E-state index contributed by atoms with van der Waals surface area (Å²) in [7, 11) is 0. The average Bonchev–Trinajstić information content (AvgIpc) is 3.36. The molecule has 1 heterocycles. The number of carboxylic acid groups (broad SMARTS) is 1. The lowest BCUT2D eigenvalue weighted by Crippen LogP contribution is -2.51. The Hall–Kier alpha value is -3.39. The Balaban J connectivity index is 1.42. The van der Waals surface area contributed by atoms with Crippen LogP contribution in [-0.2, 0) is 14.3 Å². The van der Waals surface area contributed by atoms with Gasteiger partial charge < -0.3 is 25.2 Å². The topological polar surface area (TPSA) is 116 Å². The molecule has 4 unspecified atom stereocenters. The molecular formula is C27H32N2O6. The lowest BCUT2D eigenvalue weighted by atomic mass is 9.87. The number of fused-ring (bicyclic) bond motifs is 3. The fourth-order valence-corrected chi connectivity index (χ4v) is 5.48. The molecule has 4 rings (SSSR count). The van der Waals surface area contributed by atoms with Crippen molar-refractivity contribution in [1.82, 2.24) is 10.2 Å². The first-order valence-corrected chi connectivity index (χ1v) is 12.0. The summed E-state index contributed by atoms with van der Waals surface area (Å²) in [6, 6.07) is 14.5. The van der Waals surface area contributed by atoms with Crippen LogP contribution in [-0.4, -0.2) is 64.4 Å². The van der Waals surface area contributed by atoms with Crippen LogP contribution in [0.5, 0.6) is 0 Å². The van der Waals surface area contributed by atoms with Crippen molar-refractivity contribution >= 4 is 18.0 Å². The molecule has 2 aromatic rings. The van der Waals surface area contributed by atoms with Crippen LogP contribution in [0.3, 0.4) is 0 Å². The van der Waals surface area contributed by atoms with Gasteiger partial charge in [0.2, 0.25) is 5.91 Å². The number of hydrogen-bond acceptors (Lipinski definition) is 5. The molecule has 0 radical (unpaired) electrons. The zero-order chi connectivity index (χ0) is 25.3. The van der Waals surface area contributed by atoms with E-state index < -0.39 is 42.1 Å². The molecule has 1 aliphatic carbocycles. The van der Waals surface area contributed by atoms with Gasteiger partial charge in [-0.25, -0.2) is 9.59 Å². The van der Waals surface area contributed by atoms with Crippen LogP contribution in [0.25, 0.3) is 11.1 Å². The maximum absolute atomic E-state index is 13.3. The summed E-state index contributed by atoms with van der Waals surface area (Å²) >= 11 is 0. The highest BCUT2D eigenvalue weighted by Gasteiger charge is 2.43. The number of benzene rings is 2. The maximum atomic E-state index is 13.3. The third-order valence-electron chi connectivity index (χ3n) is 7.08. The number of aliphatic hydroxyl groups is 1. The van der Waals surface area contributed by atoms with E-state index in [4.69, 9.17) is 4.74 Å². The van der Waals surface area contributed by atoms with Gasteiger partial charge in [-0.1, -0.05) is 62.4 Å². The number of carboxylic acids is 1. The number of nitrogens with zero attached hydrogens (tertiary/aromatic N) is 1. The number of likely N-dealkylation sites (tertiary alicyclic amines) is 1. The number of aliphatic hydroxyl groups excluding tert-OH is 1. The minimum absolute atomic E-state index is 0.0000759. The Morgan fingerprint density at radius 2 is 1.60 bits per heavy atom. The molecular weight excluding hydrogens is 448 g/mol. The Morgan fingerprint density at radius 3 is 2.14 bits per heavy atom. The number of aliphatic carboxylic acids is 1. The highest BCUT2D eigenvalue weighted by Crippen LogP contribution is 2.44. The Bertz CT molecular complexity index is 1070. The van der Waals surface area contributed by atoms with Gasteiger partial charge in [0.15, 0.2) is 0 Å². The van der Waals surface area contributed by atoms with Crippen LogP contribution in [0, 0.1) is 11.8 Å². The van der Waals surface area contributed by atoms with Crippen LogP contribution in [0.1, 0.15) is 44.2 Å². The average molecular weight is 481 g/mol. The third kappa shape index (κ3) is 4.89. The third-order valence-corrected chi connectivity index (χ3v) is 7.08. The largest absolute Gasteiger partial charge is 0.480 e. The number of rotatable bonds is 7. The summed E-state index contributed by atoms with van der Waals surface area (Å²) in [5.41, 5.74) is 4.49. The lowest BCUT2D eigenvalue weighted by molar-refractivity contribution is -0.151. The van der Waals surface area contributed by atoms with E-state index in [1.165, 1.54) is 4.90 Å². The van der Waals surface area contributed by atoms with E-state index in [9.17, 15) is 24.6 Å². The number of hydrogen-bond donors (Lipinski definition) is 3. The number of amides is 2. The predicted molar refractivity (Wildman–Crippen MR) is 130 cm³/mol. The molecule has 2 aromatic carbocycles. The van der Waals surface area contributed by atoms with E-state index in [1.54, 1.807) is 6.92 Å². The quantitative estimate of drug-likeness (QED) is 0.560. The molecule has 1 saturated heterocycles. The van der Waals surface area contributed by atoms with E-state index >= 15 is 0 Å². The van der Waals surface area contributed by atoms with Crippen molar-refractivity contribution in [3.63, 3.8) is 0 Å². The molecule has 3 N–H and O–H groups in total. The predicted octanol–water partition coefficient (Wildman–Crippen LogP) is 3.23. The first kappa shape index (κ1) is 24.7. The van der Waals surface area contributed by atoms with Crippen molar-refractivity contribution in [3.8, 4) is 11.1 Å². The van der Waals surface area contributed by atoms with E-state index in [-0.39, 0.29) is 31.4 Å². The summed E-state index contributed by atoms with van der Waals surface area (Å²) in [6.45, 7) is 5.54. The minimum Gasteiger partial charge on any atom is -0.480 e. The van der Waals surface area contributed by atoms with Crippen molar-refractivity contribution < 1.29 is 29.3 Å². The molecule has 0 spiro atoms. The number of nitrogens with one attached hydrogen (secondary N) is 1. The number of carbonyl (C=O) groups excluding carboxylic acids is 2. The van der Waals surface area contributed by atoms with Gasteiger partial charge in [0.05, 0.1) is 12.0 Å². The molecule has 8 nitrogen and oxygen atoms in total. The monoisotopic (exact) mass is 480 g/mol. The molecule has 0 aromatic heterocycles. The molecule has 1 aliphatic heterocycles. The molecule has 0 bridgehead atoms. The van der Waals surface area contributed by atoms with Gasteiger partial charge in [0.25, 0.3) is 0 Å². The van der Waals surface area contributed by atoms with E-state index in [2.05, 4.69) is 17.4 Å².